The van der Waals surface area contributed by atoms with Crippen LogP contribution in [0.2, 0.25) is 0 Å². The van der Waals surface area contributed by atoms with E-state index in [0.29, 0.717) is 5.01 Å². The molecule has 0 bridgehead atoms. The number of anilines is 1. The number of nitrogens with one attached hydrogen (secondary N) is 1. The Hall–Kier alpha value is -2.18. The lowest BCUT2D eigenvalue weighted by atomic mass is 10.2. The minimum absolute atomic E-state index is 0.106. The van der Waals surface area contributed by atoms with Gasteiger partial charge in [0.1, 0.15) is 17.3 Å². The van der Waals surface area contributed by atoms with Crippen molar-refractivity contribution < 1.29 is 13.9 Å². The topological polar surface area (TPSA) is 91.8 Å². The summed E-state index contributed by atoms with van der Waals surface area (Å²) >= 11 is 0. The van der Waals surface area contributed by atoms with Crippen molar-refractivity contribution in [2.75, 3.05) is 5.01 Å². The second-order valence-corrected chi connectivity index (χ2v) is 3.53. The normalized spacial score (nSPS) is 10.1. The van der Waals surface area contributed by atoms with Crippen LogP contribution in [0.1, 0.15) is 13.8 Å². The third-order valence-electron chi connectivity index (χ3n) is 1.82. The number of hydrogen-bond acceptors (Lipinski definition) is 4. The molecule has 3 N–H and O–H groups in total. The first-order valence-corrected chi connectivity index (χ1v) is 4.89. The zero-order chi connectivity index (χ0) is 13.0. The molecule has 2 amide bonds. The van der Waals surface area contributed by atoms with Crippen molar-refractivity contribution in [2.45, 2.75) is 20.0 Å². The van der Waals surface area contributed by atoms with Crippen LogP contribution in [-0.2, 0) is 0 Å². The Morgan fingerprint density at radius 1 is 1.59 bits per heavy atom. The minimum atomic E-state index is -0.944. The lowest BCUT2D eigenvalue weighted by Crippen LogP contribution is -2.31. The summed E-state index contributed by atoms with van der Waals surface area (Å²) in [7, 11) is 0. The Kier molecular flexibility index (Phi) is 3.97. The fraction of sp³-hybridized carbons (Fsp3) is 0.300. The number of primary amides is 1. The molecule has 0 atom stereocenters. The highest BCUT2D eigenvalue weighted by atomic mass is 19.1. The van der Waals surface area contributed by atoms with Crippen LogP contribution < -0.4 is 15.5 Å². The van der Waals surface area contributed by atoms with Crippen molar-refractivity contribution in [3.05, 3.63) is 24.0 Å². The van der Waals surface area contributed by atoms with Gasteiger partial charge in [0.2, 0.25) is 0 Å². The van der Waals surface area contributed by atoms with Gasteiger partial charge in [0, 0.05) is 6.07 Å². The molecule has 0 aliphatic heterocycles. The van der Waals surface area contributed by atoms with Crippen LogP contribution in [0.15, 0.2) is 23.4 Å². The van der Waals surface area contributed by atoms with Gasteiger partial charge in [-0.2, -0.15) is 10.5 Å². The van der Waals surface area contributed by atoms with E-state index in [2.05, 4.69) is 5.22 Å². The van der Waals surface area contributed by atoms with Crippen molar-refractivity contribution >= 4 is 11.7 Å². The van der Waals surface area contributed by atoms with E-state index in [9.17, 15) is 9.18 Å². The van der Waals surface area contributed by atoms with Gasteiger partial charge in [0.25, 0.3) is 0 Å². The SMILES string of the molecule is CC(C)Oc1cc(F)ccc1N(N=N)C(N)=O. The maximum absolute atomic E-state index is 13.1. The highest BCUT2D eigenvalue weighted by Crippen LogP contribution is 2.30. The molecule has 1 aromatic carbocycles. The molecule has 0 spiro atoms. The van der Waals surface area contributed by atoms with Crippen LogP contribution >= 0.6 is 0 Å². The number of carbonyl (C=O) groups is 1. The van der Waals surface area contributed by atoms with Gasteiger partial charge in [0.15, 0.2) is 0 Å². The maximum Gasteiger partial charge on any atom is 0.341 e. The number of urea groups is 1. The zero-order valence-electron chi connectivity index (χ0n) is 9.48. The molecule has 0 aliphatic rings. The van der Waals surface area contributed by atoms with Crippen molar-refractivity contribution in [3.63, 3.8) is 0 Å². The highest BCUT2D eigenvalue weighted by molar-refractivity contribution is 5.91. The van der Waals surface area contributed by atoms with E-state index in [-0.39, 0.29) is 17.5 Å². The van der Waals surface area contributed by atoms with E-state index < -0.39 is 11.8 Å². The number of ether oxygens (including phenoxy) is 1. The standard InChI is InChI=1S/C10H13FN4O2/c1-6(2)17-9-5-7(11)3-4-8(9)15(14-13)10(12)16/h3-6,13H,1-2H3,(H2,12,16). The van der Waals surface area contributed by atoms with Gasteiger partial charge in [-0.3, -0.25) is 0 Å². The molecule has 0 unspecified atom stereocenters. The molecule has 0 saturated heterocycles. The average Bonchev–Trinajstić information content (AvgIpc) is 2.20. The molecule has 7 heteroatoms. The van der Waals surface area contributed by atoms with E-state index in [0.717, 1.165) is 12.1 Å². The molecule has 0 radical (unpaired) electrons. The molecule has 1 aromatic rings. The van der Waals surface area contributed by atoms with Crippen LogP contribution in [0.4, 0.5) is 14.9 Å². The van der Waals surface area contributed by atoms with E-state index in [1.54, 1.807) is 13.8 Å². The lowest BCUT2D eigenvalue weighted by Gasteiger charge is -2.18. The molecular weight excluding hydrogens is 227 g/mol. The first-order chi connectivity index (χ1) is 7.95. The molecule has 0 fully saturated rings. The number of hydrogen-bond donors (Lipinski definition) is 2. The van der Waals surface area contributed by atoms with Crippen molar-refractivity contribution in [1.82, 2.24) is 0 Å². The Labute approximate surface area is 97.6 Å². The third-order valence-corrected chi connectivity index (χ3v) is 1.82. The van der Waals surface area contributed by atoms with Crippen LogP contribution in [-0.4, -0.2) is 12.1 Å². The Balaban J connectivity index is 3.21. The molecule has 92 valence electrons. The molecule has 17 heavy (non-hydrogen) atoms. The van der Waals surface area contributed by atoms with Gasteiger partial charge in [-0.05, 0) is 26.0 Å². The fourth-order valence-electron chi connectivity index (χ4n) is 1.23. The van der Waals surface area contributed by atoms with Gasteiger partial charge in [-0.25, -0.2) is 9.18 Å². The lowest BCUT2D eigenvalue weighted by molar-refractivity contribution is 0.239. The summed E-state index contributed by atoms with van der Waals surface area (Å²) in [6, 6.07) is 2.57. The minimum Gasteiger partial charge on any atom is -0.489 e. The number of nitrogens with two attached hydrogens (primary N) is 1. The first kappa shape index (κ1) is 12.9. The van der Waals surface area contributed by atoms with Gasteiger partial charge >= 0.3 is 6.03 Å². The summed E-state index contributed by atoms with van der Waals surface area (Å²) in [5.74, 6) is -0.409. The highest BCUT2D eigenvalue weighted by Gasteiger charge is 2.18. The predicted molar refractivity (Wildman–Crippen MR) is 59.4 cm³/mol. The predicted octanol–water partition coefficient (Wildman–Crippen LogP) is 2.44. The van der Waals surface area contributed by atoms with Gasteiger partial charge < -0.3 is 10.5 Å². The number of nitrogens with zero attached hydrogens (tertiary/aromatic N) is 2. The number of benzene rings is 1. The number of carbonyl (C=O) groups excluding carboxylic acids is 1. The Morgan fingerprint density at radius 3 is 2.71 bits per heavy atom. The monoisotopic (exact) mass is 240 g/mol. The molecule has 0 aromatic heterocycles. The summed E-state index contributed by atoms with van der Waals surface area (Å²) in [4.78, 5) is 11.0. The fourth-order valence-corrected chi connectivity index (χ4v) is 1.23. The zero-order valence-corrected chi connectivity index (χ0v) is 9.48. The van der Waals surface area contributed by atoms with Crippen molar-refractivity contribution in [3.8, 4) is 5.75 Å². The van der Waals surface area contributed by atoms with Crippen LogP contribution in [0.3, 0.4) is 0 Å². The molecule has 6 nitrogen and oxygen atoms in total. The third kappa shape index (κ3) is 3.13. The average molecular weight is 240 g/mol. The van der Waals surface area contributed by atoms with Gasteiger partial charge in [0.05, 0.1) is 6.10 Å². The second kappa shape index (κ2) is 5.24. The van der Waals surface area contributed by atoms with Crippen LogP contribution in [0.5, 0.6) is 5.75 Å². The summed E-state index contributed by atoms with van der Waals surface area (Å²) in [6.45, 7) is 3.50. The second-order valence-electron chi connectivity index (χ2n) is 3.53. The van der Waals surface area contributed by atoms with Crippen LogP contribution in [0.25, 0.3) is 0 Å². The number of rotatable bonds is 4. The number of halogens is 1. The summed E-state index contributed by atoms with van der Waals surface area (Å²) in [5.41, 5.74) is 12.0. The number of amides is 2. The van der Waals surface area contributed by atoms with E-state index in [1.165, 1.54) is 6.07 Å². The smallest absolute Gasteiger partial charge is 0.341 e. The molecule has 0 saturated carbocycles. The molecule has 0 aliphatic carbocycles. The Bertz CT molecular complexity index is 436. The van der Waals surface area contributed by atoms with Gasteiger partial charge in [-0.15, -0.1) is 0 Å². The summed E-state index contributed by atoms with van der Waals surface area (Å²) < 4.78 is 18.4. The Morgan fingerprint density at radius 2 is 2.24 bits per heavy atom. The molecule has 1 rings (SSSR count). The van der Waals surface area contributed by atoms with Crippen molar-refractivity contribution in [1.29, 1.82) is 5.53 Å². The van der Waals surface area contributed by atoms with E-state index in [4.69, 9.17) is 16.0 Å². The maximum atomic E-state index is 13.1. The summed E-state index contributed by atoms with van der Waals surface area (Å²) in [6.07, 6.45) is -0.212. The van der Waals surface area contributed by atoms with Crippen LogP contribution in [0, 0.1) is 11.3 Å². The van der Waals surface area contributed by atoms with Gasteiger partial charge in [-0.1, -0.05) is 5.22 Å². The largest absolute Gasteiger partial charge is 0.489 e. The van der Waals surface area contributed by atoms with E-state index in [1.807, 2.05) is 0 Å². The molecular formula is C10H13FN4O2. The summed E-state index contributed by atoms with van der Waals surface area (Å²) in [5, 5.41) is 3.58. The molecule has 0 heterocycles. The van der Waals surface area contributed by atoms with Crippen molar-refractivity contribution in [2.24, 2.45) is 11.0 Å². The first-order valence-electron chi connectivity index (χ1n) is 4.89. The quantitative estimate of drug-likeness (QED) is 0.625. The van der Waals surface area contributed by atoms with E-state index >= 15 is 0 Å².